The molecule has 0 aliphatic heterocycles. The number of carbonyl (C=O) groups excluding carboxylic acids is 1. The van der Waals surface area contributed by atoms with E-state index < -0.39 is 30.4 Å². The van der Waals surface area contributed by atoms with E-state index in [0.29, 0.717) is 0 Å². The first kappa shape index (κ1) is 15.3. The van der Waals surface area contributed by atoms with Gasteiger partial charge in [-0.2, -0.15) is 22.0 Å². The molecule has 19 heavy (non-hydrogen) atoms. The highest BCUT2D eigenvalue weighted by atomic mass is 19.4. The Morgan fingerprint density at radius 1 is 1.11 bits per heavy atom. The van der Waals surface area contributed by atoms with Gasteiger partial charge in [-0.1, -0.05) is 0 Å². The summed E-state index contributed by atoms with van der Waals surface area (Å²) in [6.07, 6.45) is -5.97. The number of rotatable bonds is 3. The van der Waals surface area contributed by atoms with Crippen LogP contribution in [-0.2, 0) is 4.79 Å². The van der Waals surface area contributed by atoms with Crippen molar-refractivity contribution in [2.45, 2.75) is 19.0 Å². The van der Waals surface area contributed by atoms with Crippen LogP contribution in [0.15, 0.2) is 24.3 Å². The Morgan fingerprint density at radius 3 is 1.95 bits per heavy atom. The molecule has 2 nitrogen and oxygen atoms in total. The largest absolute Gasteiger partial charge is 0.463 e. The van der Waals surface area contributed by atoms with Crippen LogP contribution < -0.4 is 4.90 Å². The van der Waals surface area contributed by atoms with Gasteiger partial charge < -0.3 is 4.90 Å². The minimum absolute atomic E-state index is 0.238. The zero-order chi connectivity index (χ0) is 14.8. The number of hydrogen-bond donors (Lipinski definition) is 0. The molecule has 0 heterocycles. The van der Waals surface area contributed by atoms with Crippen molar-refractivity contribution in [1.82, 2.24) is 0 Å². The highest BCUT2D eigenvalue weighted by Gasteiger charge is 2.64. The zero-order valence-electron chi connectivity index (χ0n) is 9.64. The Hall–Kier alpha value is -1.73. The standard InChI is InChI=1S/C11H9F6NO/c1-2-18(8-5-3-7(12)4-6-8)9(19)10(13,14)11(15,16)17/h3-6H,2H2,1H3. The maximum absolute atomic E-state index is 12.9. The minimum Gasteiger partial charge on any atom is -0.307 e. The van der Waals surface area contributed by atoms with Gasteiger partial charge in [-0.05, 0) is 31.2 Å². The van der Waals surface area contributed by atoms with E-state index in [1.54, 1.807) is 0 Å². The van der Waals surface area contributed by atoms with Gasteiger partial charge >= 0.3 is 18.0 Å². The Kier molecular flexibility index (Phi) is 4.12. The summed E-state index contributed by atoms with van der Waals surface area (Å²) in [5.41, 5.74) is -0.238. The minimum atomic E-state index is -5.97. The summed E-state index contributed by atoms with van der Waals surface area (Å²) in [4.78, 5) is 11.5. The Bertz CT molecular complexity index is 453. The fourth-order valence-electron chi connectivity index (χ4n) is 1.36. The normalized spacial score (nSPS) is 12.4. The zero-order valence-corrected chi connectivity index (χ0v) is 9.64. The SMILES string of the molecule is CCN(C(=O)C(F)(F)C(F)(F)F)c1ccc(F)cc1. The maximum atomic E-state index is 12.9. The molecule has 0 saturated heterocycles. The number of hydrogen-bond acceptors (Lipinski definition) is 1. The summed E-state index contributed by atoms with van der Waals surface area (Å²) in [5, 5.41) is 0. The first-order valence-corrected chi connectivity index (χ1v) is 5.13. The number of benzene rings is 1. The second-order valence-electron chi connectivity index (χ2n) is 3.60. The van der Waals surface area contributed by atoms with E-state index in [-0.39, 0.29) is 10.6 Å². The molecule has 0 N–H and O–H groups in total. The molecule has 8 heteroatoms. The molecule has 0 saturated carbocycles. The number of alkyl halides is 5. The molecule has 0 fully saturated rings. The highest BCUT2D eigenvalue weighted by Crippen LogP contribution is 2.37. The topological polar surface area (TPSA) is 20.3 Å². The van der Waals surface area contributed by atoms with Gasteiger partial charge in [0.1, 0.15) is 5.82 Å². The van der Waals surface area contributed by atoms with Crippen molar-refractivity contribution >= 4 is 11.6 Å². The number of halogens is 6. The summed E-state index contributed by atoms with van der Waals surface area (Å²) in [7, 11) is 0. The fourth-order valence-corrected chi connectivity index (χ4v) is 1.36. The lowest BCUT2D eigenvalue weighted by Gasteiger charge is -2.27. The Labute approximate surface area is 104 Å². The maximum Gasteiger partial charge on any atom is 0.463 e. The lowest BCUT2D eigenvalue weighted by Crippen LogP contribution is -2.52. The van der Waals surface area contributed by atoms with E-state index >= 15 is 0 Å². The van der Waals surface area contributed by atoms with E-state index in [2.05, 4.69) is 0 Å². The molecule has 0 spiro atoms. The van der Waals surface area contributed by atoms with E-state index in [4.69, 9.17) is 0 Å². The van der Waals surface area contributed by atoms with Crippen molar-refractivity contribution < 1.29 is 31.1 Å². The molecule has 0 radical (unpaired) electrons. The lowest BCUT2D eigenvalue weighted by molar-refractivity contribution is -0.268. The third kappa shape index (κ3) is 2.99. The number of nitrogens with zero attached hydrogens (tertiary/aromatic N) is 1. The van der Waals surface area contributed by atoms with Gasteiger partial charge in [0.25, 0.3) is 0 Å². The lowest BCUT2D eigenvalue weighted by atomic mass is 10.2. The van der Waals surface area contributed by atoms with Crippen LogP contribution >= 0.6 is 0 Å². The van der Waals surface area contributed by atoms with Gasteiger partial charge in [0, 0.05) is 12.2 Å². The quantitative estimate of drug-likeness (QED) is 0.780. The molecule has 1 amide bonds. The summed E-state index contributed by atoms with van der Waals surface area (Å²) < 4.78 is 74.8. The molecular weight excluding hydrogens is 276 g/mol. The fraction of sp³-hybridized carbons (Fsp3) is 0.364. The number of amides is 1. The van der Waals surface area contributed by atoms with Crippen molar-refractivity contribution in [2.75, 3.05) is 11.4 Å². The van der Waals surface area contributed by atoms with Crippen LogP contribution in [0.2, 0.25) is 0 Å². The predicted molar refractivity (Wildman–Crippen MR) is 55.4 cm³/mol. The van der Waals surface area contributed by atoms with Crippen molar-refractivity contribution in [3.63, 3.8) is 0 Å². The van der Waals surface area contributed by atoms with E-state index in [1.807, 2.05) is 0 Å². The number of carbonyl (C=O) groups is 1. The molecule has 1 rings (SSSR count). The van der Waals surface area contributed by atoms with E-state index in [9.17, 15) is 31.1 Å². The van der Waals surface area contributed by atoms with Crippen molar-refractivity contribution in [3.8, 4) is 0 Å². The van der Waals surface area contributed by atoms with Crippen molar-refractivity contribution in [3.05, 3.63) is 30.1 Å². The average Bonchev–Trinajstić information content (AvgIpc) is 2.30. The molecule has 0 aliphatic rings. The van der Waals surface area contributed by atoms with Crippen LogP contribution in [0.25, 0.3) is 0 Å². The predicted octanol–water partition coefficient (Wildman–Crippen LogP) is 3.38. The van der Waals surface area contributed by atoms with E-state index in [1.165, 1.54) is 6.92 Å². The average molecular weight is 285 g/mol. The summed E-state index contributed by atoms with van der Waals surface area (Å²) in [5.74, 6) is -8.58. The Morgan fingerprint density at radius 2 is 1.58 bits per heavy atom. The smallest absolute Gasteiger partial charge is 0.307 e. The molecule has 106 valence electrons. The van der Waals surface area contributed by atoms with Gasteiger partial charge in [0.15, 0.2) is 0 Å². The van der Waals surface area contributed by atoms with Crippen LogP contribution in [0.3, 0.4) is 0 Å². The first-order valence-electron chi connectivity index (χ1n) is 5.13. The van der Waals surface area contributed by atoms with Gasteiger partial charge in [0.05, 0.1) is 0 Å². The monoisotopic (exact) mass is 285 g/mol. The molecule has 0 unspecified atom stereocenters. The van der Waals surface area contributed by atoms with Crippen LogP contribution in [0.5, 0.6) is 0 Å². The molecule has 0 atom stereocenters. The van der Waals surface area contributed by atoms with Crippen molar-refractivity contribution in [2.24, 2.45) is 0 Å². The van der Waals surface area contributed by atoms with Gasteiger partial charge in [-0.25, -0.2) is 4.39 Å². The summed E-state index contributed by atoms with van der Waals surface area (Å²) in [6.45, 7) is 0.823. The number of anilines is 1. The van der Waals surface area contributed by atoms with Gasteiger partial charge in [-0.15, -0.1) is 0 Å². The molecule has 0 bridgehead atoms. The summed E-state index contributed by atoms with van der Waals surface area (Å²) >= 11 is 0. The third-order valence-corrected chi connectivity index (χ3v) is 2.32. The molecular formula is C11H9F6NO. The van der Waals surface area contributed by atoms with Gasteiger partial charge in [-0.3, -0.25) is 4.79 Å². The van der Waals surface area contributed by atoms with Crippen LogP contribution in [-0.4, -0.2) is 24.6 Å². The van der Waals surface area contributed by atoms with Crippen LogP contribution in [0, 0.1) is 5.82 Å². The third-order valence-electron chi connectivity index (χ3n) is 2.32. The van der Waals surface area contributed by atoms with Crippen molar-refractivity contribution in [1.29, 1.82) is 0 Å². The highest BCUT2D eigenvalue weighted by molar-refractivity contribution is 5.98. The van der Waals surface area contributed by atoms with Crippen LogP contribution in [0.1, 0.15) is 6.92 Å². The second-order valence-corrected chi connectivity index (χ2v) is 3.60. The molecule has 0 aromatic heterocycles. The second kappa shape index (κ2) is 5.10. The molecule has 1 aromatic rings. The Balaban J connectivity index is 3.11. The van der Waals surface area contributed by atoms with E-state index in [0.717, 1.165) is 24.3 Å². The first-order chi connectivity index (χ1) is 8.61. The van der Waals surface area contributed by atoms with Crippen LogP contribution in [0.4, 0.5) is 32.0 Å². The molecule has 0 aliphatic carbocycles. The molecule has 1 aromatic carbocycles. The van der Waals surface area contributed by atoms with Gasteiger partial charge in [0.2, 0.25) is 0 Å². The summed E-state index contributed by atoms with van der Waals surface area (Å²) in [6, 6.07) is 3.61.